The van der Waals surface area contributed by atoms with Gasteiger partial charge in [0, 0.05) is 27.8 Å². The van der Waals surface area contributed by atoms with Crippen LogP contribution in [0, 0.1) is 12.3 Å². The average Bonchev–Trinajstić information content (AvgIpc) is 3.27. The van der Waals surface area contributed by atoms with E-state index >= 15 is 0 Å². The second kappa shape index (κ2) is 6.82. The Bertz CT molecular complexity index is 1110. The molecule has 2 aromatic carbocycles. The van der Waals surface area contributed by atoms with Gasteiger partial charge in [0.05, 0.1) is 18.8 Å². The molecule has 29 heavy (non-hydrogen) atoms. The van der Waals surface area contributed by atoms with Crippen LogP contribution in [0.1, 0.15) is 59.7 Å². The Kier molecular flexibility index (Phi) is 4.43. The van der Waals surface area contributed by atoms with Crippen LogP contribution in [0.2, 0.25) is 0 Å². The summed E-state index contributed by atoms with van der Waals surface area (Å²) < 4.78 is 5.64. The zero-order valence-electron chi connectivity index (χ0n) is 17.0. The SMILES string of the molecule is C#Cc1ccc(N2C(=O)c3[nH]nc(C(C)(C)C)c3C2c2ccccc2OC)cc1. The van der Waals surface area contributed by atoms with Crippen LogP contribution in [-0.2, 0) is 5.41 Å². The van der Waals surface area contributed by atoms with E-state index in [-0.39, 0.29) is 17.4 Å². The number of para-hydroxylation sites is 1. The number of nitrogens with one attached hydrogen (secondary N) is 1. The molecule has 146 valence electrons. The third-order valence-electron chi connectivity index (χ3n) is 5.22. The molecule has 3 aromatic rings. The van der Waals surface area contributed by atoms with E-state index in [2.05, 4.69) is 36.9 Å². The quantitative estimate of drug-likeness (QED) is 0.678. The normalized spacial score (nSPS) is 15.9. The fourth-order valence-electron chi connectivity index (χ4n) is 3.89. The van der Waals surface area contributed by atoms with Gasteiger partial charge < -0.3 is 4.74 Å². The third kappa shape index (κ3) is 2.98. The summed E-state index contributed by atoms with van der Waals surface area (Å²) in [5.74, 6) is 3.23. The van der Waals surface area contributed by atoms with Crippen molar-refractivity contribution in [1.82, 2.24) is 10.2 Å². The van der Waals surface area contributed by atoms with Gasteiger partial charge in [0.2, 0.25) is 0 Å². The van der Waals surface area contributed by atoms with Crippen LogP contribution in [0.4, 0.5) is 5.69 Å². The molecular weight excluding hydrogens is 362 g/mol. The molecule has 1 N–H and O–H groups in total. The summed E-state index contributed by atoms with van der Waals surface area (Å²) in [5, 5.41) is 7.49. The summed E-state index contributed by atoms with van der Waals surface area (Å²) in [7, 11) is 1.64. The van der Waals surface area contributed by atoms with E-state index in [9.17, 15) is 4.79 Å². The number of methoxy groups -OCH3 is 1. The molecule has 0 radical (unpaired) electrons. The van der Waals surface area contributed by atoms with Crippen molar-refractivity contribution >= 4 is 11.6 Å². The molecule has 1 aliphatic heterocycles. The number of carbonyl (C=O) groups excluding carboxylic acids is 1. The van der Waals surface area contributed by atoms with Crippen molar-refractivity contribution < 1.29 is 9.53 Å². The number of nitrogens with zero attached hydrogens (tertiary/aromatic N) is 2. The summed E-state index contributed by atoms with van der Waals surface area (Å²) >= 11 is 0. The summed E-state index contributed by atoms with van der Waals surface area (Å²) in [6, 6.07) is 14.9. The van der Waals surface area contributed by atoms with Gasteiger partial charge in [-0.05, 0) is 30.3 Å². The molecule has 0 fully saturated rings. The molecule has 0 bridgehead atoms. The minimum Gasteiger partial charge on any atom is -0.496 e. The topological polar surface area (TPSA) is 58.2 Å². The predicted molar refractivity (Wildman–Crippen MR) is 113 cm³/mol. The van der Waals surface area contributed by atoms with Crippen LogP contribution >= 0.6 is 0 Å². The van der Waals surface area contributed by atoms with Crippen molar-refractivity contribution in [2.45, 2.75) is 32.2 Å². The van der Waals surface area contributed by atoms with Crippen LogP contribution in [0.3, 0.4) is 0 Å². The van der Waals surface area contributed by atoms with Crippen molar-refractivity contribution in [2.75, 3.05) is 12.0 Å². The molecule has 1 aliphatic rings. The smallest absolute Gasteiger partial charge is 0.277 e. The maximum absolute atomic E-state index is 13.4. The Morgan fingerprint density at radius 3 is 2.45 bits per heavy atom. The number of benzene rings is 2. The lowest BCUT2D eigenvalue weighted by Gasteiger charge is -2.29. The van der Waals surface area contributed by atoms with E-state index in [0.717, 1.165) is 33.8 Å². The lowest BCUT2D eigenvalue weighted by Crippen LogP contribution is -2.30. The fourth-order valence-corrected chi connectivity index (χ4v) is 3.89. The van der Waals surface area contributed by atoms with Crippen LogP contribution in [0.5, 0.6) is 5.75 Å². The Hall–Kier alpha value is -3.52. The third-order valence-corrected chi connectivity index (χ3v) is 5.22. The number of ether oxygens (including phenoxy) is 1. The first-order valence-electron chi connectivity index (χ1n) is 9.48. The predicted octanol–water partition coefficient (Wildman–Crippen LogP) is 4.45. The number of rotatable bonds is 3. The Morgan fingerprint density at radius 2 is 1.83 bits per heavy atom. The highest BCUT2D eigenvalue weighted by Crippen LogP contribution is 2.47. The van der Waals surface area contributed by atoms with Gasteiger partial charge in [-0.25, -0.2) is 0 Å². The molecule has 5 heteroatoms. The Morgan fingerprint density at radius 1 is 1.14 bits per heavy atom. The number of terminal acetylenes is 1. The standard InChI is InChI=1S/C24H23N3O2/c1-6-15-11-13-16(14-12-15)27-21(17-9-7-8-10-18(17)29-5)19-20(23(27)28)25-26-22(19)24(2,3)4/h1,7-14,21H,2-5H3,(H,25,26). The average molecular weight is 385 g/mol. The molecule has 5 nitrogen and oxygen atoms in total. The van der Waals surface area contributed by atoms with Gasteiger partial charge in [0.1, 0.15) is 11.4 Å². The number of aromatic nitrogens is 2. The van der Waals surface area contributed by atoms with E-state index in [0.29, 0.717) is 5.69 Å². The van der Waals surface area contributed by atoms with Crippen molar-refractivity contribution in [3.05, 3.63) is 76.6 Å². The summed E-state index contributed by atoms with van der Waals surface area (Å²) in [5.41, 5.74) is 4.52. The number of amides is 1. The molecule has 1 amide bonds. The lowest BCUT2D eigenvalue weighted by atomic mass is 9.85. The lowest BCUT2D eigenvalue weighted by molar-refractivity contribution is 0.0988. The van der Waals surface area contributed by atoms with Crippen LogP contribution < -0.4 is 9.64 Å². The van der Waals surface area contributed by atoms with Gasteiger partial charge in [-0.1, -0.05) is 44.9 Å². The minimum absolute atomic E-state index is 0.118. The first-order valence-corrected chi connectivity index (χ1v) is 9.48. The first-order chi connectivity index (χ1) is 13.9. The molecule has 0 aliphatic carbocycles. The van der Waals surface area contributed by atoms with Crippen LogP contribution in [0.25, 0.3) is 0 Å². The van der Waals surface area contributed by atoms with Gasteiger partial charge in [-0.15, -0.1) is 6.42 Å². The van der Waals surface area contributed by atoms with E-state index in [4.69, 9.17) is 11.2 Å². The van der Waals surface area contributed by atoms with Gasteiger partial charge in [0.25, 0.3) is 5.91 Å². The van der Waals surface area contributed by atoms with E-state index in [1.165, 1.54) is 0 Å². The maximum Gasteiger partial charge on any atom is 0.277 e. The zero-order chi connectivity index (χ0) is 20.8. The summed E-state index contributed by atoms with van der Waals surface area (Å²) in [6.07, 6.45) is 5.50. The van der Waals surface area contributed by atoms with Gasteiger partial charge in [0.15, 0.2) is 0 Å². The van der Waals surface area contributed by atoms with Crippen molar-refractivity contribution in [3.63, 3.8) is 0 Å². The largest absolute Gasteiger partial charge is 0.496 e. The highest BCUT2D eigenvalue weighted by atomic mass is 16.5. The highest BCUT2D eigenvalue weighted by molar-refractivity contribution is 6.10. The number of aromatic amines is 1. The molecule has 0 saturated carbocycles. The monoisotopic (exact) mass is 385 g/mol. The van der Waals surface area contributed by atoms with Crippen LogP contribution in [0.15, 0.2) is 48.5 Å². The van der Waals surface area contributed by atoms with E-state index < -0.39 is 0 Å². The van der Waals surface area contributed by atoms with Crippen molar-refractivity contribution in [3.8, 4) is 18.1 Å². The number of H-pyrrole nitrogens is 1. The summed E-state index contributed by atoms with van der Waals surface area (Å²) in [6.45, 7) is 6.28. The number of fused-ring (bicyclic) bond motifs is 1. The molecule has 1 unspecified atom stereocenters. The molecule has 0 saturated heterocycles. The Labute approximate surface area is 170 Å². The molecule has 0 spiro atoms. The van der Waals surface area contributed by atoms with Crippen molar-refractivity contribution in [1.29, 1.82) is 0 Å². The van der Waals surface area contributed by atoms with Gasteiger partial charge in [-0.3, -0.25) is 14.8 Å². The molecule has 1 aromatic heterocycles. The second-order valence-corrected chi connectivity index (χ2v) is 8.12. The van der Waals surface area contributed by atoms with Gasteiger partial charge >= 0.3 is 0 Å². The van der Waals surface area contributed by atoms with Crippen molar-refractivity contribution in [2.24, 2.45) is 0 Å². The Balaban J connectivity index is 1.96. The van der Waals surface area contributed by atoms with E-state index in [1.807, 2.05) is 48.5 Å². The number of hydrogen-bond acceptors (Lipinski definition) is 3. The highest BCUT2D eigenvalue weighted by Gasteiger charge is 2.45. The second-order valence-electron chi connectivity index (χ2n) is 8.12. The minimum atomic E-state index is -0.349. The number of carbonyl (C=O) groups is 1. The first kappa shape index (κ1) is 18.8. The molecule has 1 atom stereocenters. The zero-order valence-corrected chi connectivity index (χ0v) is 17.0. The van der Waals surface area contributed by atoms with E-state index in [1.54, 1.807) is 12.0 Å². The van der Waals surface area contributed by atoms with Gasteiger partial charge in [-0.2, -0.15) is 5.10 Å². The maximum atomic E-state index is 13.4. The molecular formula is C24H23N3O2. The summed E-state index contributed by atoms with van der Waals surface area (Å²) in [4.78, 5) is 15.2. The molecule has 2 heterocycles. The number of anilines is 1. The fraction of sp³-hybridized carbons (Fsp3) is 0.250. The van der Waals surface area contributed by atoms with Crippen LogP contribution in [-0.4, -0.2) is 23.2 Å². The molecule has 4 rings (SSSR count). The number of hydrogen-bond donors (Lipinski definition) is 1.